The first-order valence-electron chi connectivity index (χ1n) is 8.12. The van der Waals surface area contributed by atoms with Gasteiger partial charge in [0.1, 0.15) is 5.92 Å². The summed E-state index contributed by atoms with van der Waals surface area (Å²) in [5.41, 5.74) is 0.918. The third-order valence-electron chi connectivity index (χ3n) is 4.22. The molecule has 0 saturated carbocycles. The Labute approximate surface area is 154 Å². The minimum atomic E-state index is -0.806. The summed E-state index contributed by atoms with van der Waals surface area (Å²) in [5.74, 6) is -2.01. The molecular formula is C16H18N4O5S. The van der Waals surface area contributed by atoms with Crippen molar-refractivity contribution in [2.45, 2.75) is 32.1 Å². The molecule has 2 heterocycles. The Morgan fingerprint density at radius 1 is 1.27 bits per heavy atom. The van der Waals surface area contributed by atoms with Gasteiger partial charge in [0.2, 0.25) is 11.9 Å². The molecule has 0 saturated heterocycles. The van der Waals surface area contributed by atoms with E-state index in [9.17, 15) is 14.4 Å². The van der Waals surface area contributed by atoms with Crippen LogP contribution in [0.3, 0.4) is 0 Å². The quantitative estimate of drug-likeness (QED) is 0.445. The average molecular weight is 378 g/mol. The normalized spacial score (nSPS) is 23.8. The summed E-state index contributed by atoms with van der Waals surface area (Å²) in [6.07, 6.45) is 3.69. The molecule has 0 aromatic carbocycles. The van der Waals surface area contributed by atoms with Gasteiger partial charge in [0, 0.05) is 0 Å². The second-order valence-corrected chi connectivity index (χ2v) is 6.96. The summed E-state index contributed by atoms with van der Waals surface area (Å²) < 4.78 is 9.08. The summed E-state index contributed by atoms with van der Waals surface area (Å²) in [5, 5.41) is 10.8. The van der Waals surface area contributed by atoms with E-state index in [0.717, 1.165) is 31.3 Å². The maximum Gasteiger partial charge on any atom is 0.354 e. The molecule has 3 rings (SSSR count). The monoisotopic (exact) mass is 378 g/mol. The standard InChI is InChI=1S/C16H18N4O5S/c1-24-11(21)7-9(15(23)25-2)19-20-16-17-13(22)12-8-5-3-4-6-10(8)26-14(12)18-16/h12H,3-7H2,1-2H3,(H,17,20,22)/b19-9-. The summed E-state index contributed by atoms with van der Waals surface area (Å²) in [4.78, 5) is 41.1. The Balaban J connectivity index is 1.83. The number of hydrogen-bond acceptors (Lipinski definition) is 8. The van der Waals surface area contributed by atoms with Crippen LogP contribution in [-0.2, 0) is 23.9 Å². The van der Waals surface area contributed by atoms with Crippen LogP contribution in [-0.4, -0.2) is 48.8 Å². The molecule has 0 radical (unpaired) electrons. The van der Waals surface area contributed by atoms with Gasteiger partial charge in [-0.3, -0.25) is 14.9 Å². The van der Waals surface area contributed by atoms with E-state index in [2.05, 4.69) is 30.0 Å². The number of thioether (sulfide) groups is 1. The number of aliphatic imine (C=N–C) groups is 1. The highest BCUT2D eigenvalue weighted by molar-refractivity contribution is 8.17. The fraction of sp³-hybridized carbons (Fsp3) is 0.500. The van der Waals surface area contributed by atoms with Gasteiger partial charge in [-0.2, -0.15) is 0 Å². The second-order valence-electron chi connectivity index (χ2n) is 5.84. The maximum atomic E-state index is 12.5. The molecule has 10 heteroatoms. The van der Waals surface area contributed by atoms with Gasteiger partial charge in [0.15, 0.2) is 5.71 Å². The van der Waals surface area contributed by atoms with E-state index in [1.54, 1.807) is 0 Å². The molecule has 9 nitrogen and oxygen atoms in total. The maximum absolute atomic E-state index is 12.5. The predicted molar refractivity (Wildman–Crippen MR) is 95.7 cm³/mol. The molecule has 1 atom stereocenters. The number of fused-ring (bicyclic) bond motifs is 2. The van der Waals surface area contributed by atoms with Crippen LogP contribution in [0.15, 0.2) is 25.7 Å². The number of carbonyl (C=O) groups excluding carboxylic acids is 3. The van der Waals surface area contributed by atoms with Crippen molar-refractivity contribution >= 4 is 46.3 Å². The lowest BCUT2D eigenvalue weighted by molar-refractivity contribution is -0.140. The number of esters is 2. The highest BCUT2D eigenvalue weighted by Crippen LogP contribution is 2.46. The molecule has 26 heavy (non-hydrogen) atoms. The van der Waals surface area contributed by atoms with Crippen molar-refractivity contribution < 1.29 is 23.9 Å². The van der Waals surface area contributed by atoms with Crippen molar-refractivity contribution in [3.63, 3.8) is 0 Å². The van der Waals surface area contributed by atoms with E-state index in [-0.39, 0.29) is 23.5 Å². The number of ether oxygens (including phenoxy) is 2. The molecule has 1 unspecified atom stereocenters. The number of guanidine groups is 1. The first kappa shape index (κ1) is 18.3. The van der Waals surface area contributed by atoms with Crippen LogP contribution >= 0.6 is 11.8 Å². The molecule has 0 spiro atoms. The van der Waals surface area contributed by atoms with Crippen molar-refractivity contribution in [3.05, 3.63) is 10.5 Å². The summed E-state index contributed by atoms with van der Waals surface area (Å²) >= 11 is 1.52. The van der Waals surface area contributed by atoms with Gasteiger partial charge in [-0.05, 0) is 36.2 Å². The fourth-order valence-corrected chi connectivity index (χ4v) is 4.31. The molecule has 3 aliphatic rings. The molecule has 0 fully saturated rings. The number of methoxy groups -OCH3 is 2. The third-order valence-corrected chi connectivity index (χ3v) is 5.47. The van der Waals surface area contributed by atoms with Crippen LogP contribution in [0.2, 0.25) is 0 Å². The van der Waals surface area contributed by atoms with Crippen LogP contribution in [0, 0.1) is 5.92 Å². The SMILES string of the molecule is COC(=O)C/C(=N/N=C1/N=C2SC3=C(CCCC3)C2C(=O)N1)C(=O)OC. The van der Waals surface area contributed by atoms with Crippen molar-refractivity contribution in [1.29, 1.82) is 0 Å². The Morgan fingerprint density at radius 2 is 2.04 bits per heavy atom. The van der Waals surface area contributed by atoms with Crippen molar-refractivity contribution in [2.75, 3.05) is 14.2 Å². The lowest BCUT2D eigenvalue weighted by Gasteiger charge is -2.20. The zero-order valence-corrected chi connectivity index (χ0v) is 15.2. The summed E-state index contributed by atoms with van der Waals surface area (Å²) in [7, 11) is 2.36. The Kier molecular flexibility index (Phi) is 5.50. The first-order chi connectivity index (χ1) is 12.5. The topological polar surface area (TPSA) is 119 Å². The summed E-state index contributed by atoms with van der Waals surface area (Å²) in [6, 6.07) is 0. The Bertz CT molecular complexity index is 784. The van der Waals surface area contributed by atoms with E-state index in [1.807, 2.05) is 0 Å². The lowest BCUT2D eigenvalue weighted by atomic mass is 9.89. The summed E-state index contributed by atoms with van der Waals surface area (Å²) in [6.45, 7) is 0. The van der Waals surface area contributed by atoms with E-state index in [1.165, 1.54) is 30.9 Å². The van der Waals surface area contributed by atoms with E-state index < -0.39 is 18.4 Å². The Hall–Kier alpha value is -2.49. The molecular weight excluding hydrogens is 360 g/mol. The second kappa shape index (κ2) is 7.81. The van der Waals surface area contributed by atoms with Gasteiger partial charge in [-0.1, -0.05) is 11.8 Å². The number of allylic oxidation sites excluding steroid dienone is 1. The minimum Gasteiger partial charge on any atom is -0.469 e. The van der Waals surface area contributed by atoms with E-state index >= 15 is 0 Å². The van der Waals surface area contributed by atoms with Crippen LogP contribution in [0.1, 0.15) is 32.1 Å². The van der Waals surface area contributed by atoms with Gasteiger partial charge in [-0.25, -0.2) is 9.79 Å². The molecule has 138 valence electrons. The molecule has 0 aromatic rings. The number of hydrogen-bond donors (Lipinski definition) is 1. The largest absolute Gasteiger partial charge is 0.469 e. The Morgan fingerprint density at radius 3 is 2.77 bits per heavy atom. The number of nitrogens with one attached hydrogen (secondary N) is 1. The van der Waals surface area contributed by atoms with Gasteiger partial charge < -0.3 is 9.47 Å². The van der Waals surface area contributed by atoms with Crippen LogP contribution in [0.5, 0.6) is 0 Å². The number of nitrogens with zero attached hydrogens (tertiary/aromatic N) is 3. The van der Waals surface area contributed by atoms with Crippen molar-refractivity contribution in [3.8, 4) is 0 Å². The molecule has 1 aliphatic carbocycles. The molecule has 0 bridgehead atoms. The highest BCUT2D eigenvalue weighted by Gasteiger charge is 2.41. The minimum absolute atomic E-state index is 0.0140. The van der Waals surface area contributed by atoms with Gasteiger partial charge >= 0.3 is 11.9 Å². The zero-order chi connectivity index (χ0) is 18.7. The van der Waals surface area contributed by atoms with Gasteiger partial charge in [-0.15, -0.1) is 10.2 Å². The molecule has 1 amide bonds. The number of carbonyl (C=O) groups is 3. The third kappa shape index (κ3) is 3.69. The van der Waals surface area contributed by atoms with Crippen LogP contribution in [0.25, 0.3) is 0 Å². The lowest BCUT2D eigenvalue weighted by Crippen LogP contribution is -2.42. The van der Waals surface area contributed by atoms with E-state index in [0.29, 0.717) is 5.04 Å². The van der Waals surface area contributed by atoms with Crippen LogP contribution < -0.4 is 5.32 Å². The fourth-order valence-electron chi connectivity index (χ4n) is 2.96. The van der Waals surface area contributed by atoms with Crippen molar-refractivity contribution in [2.24, 2.45) is 21.1 Å². The van der Waals surface area contributed by atoms with E-state index in [4.69, 9.17) is 0 Å². The molecule has 2 aliphatic heterocycles. The van der Waals surface area contributed by atoms with Crippen LogP contribution in [0.4, 0.5) is 0 Å². The number of amides is 1. The smallest absolute Gasteiger partial charge is 0.354 e. The van der Waals surface area contributed by atoms with Gasteiger partial charge in [0.25, 0.3) is 0 Å². The molecule has 0 aromatic heterocycles. The number of rotatable bonds is 4. The van der Waals surface area contributed by atoms with Crippen molar-refractivity contribution in [1.82, 2.24) is 5.32 Å². The molecule has 1 N–H and O–H groups in total. The average Bonchev–Trinajstić information content (AvgIpc) is 3.02. The highest BCUT2D eigenvalue weighted by atomic mass is 32.2. The van der Waals surface area contributed by atoms with Gasteiger partial charge in [0.05, 0.1) is 25.7 Å². The zero-order valence-electron chi connectivity index (χ0n) is 14.4. The first-order valence-corrected chi connectivity index (χ1v) is 8.94. The predicted octanol–water partition coefficient (Wildman–Crippen LogP) is 1.15.